The number of rotatable bonds is 4. The highest BCUT2D eigenvalue weighted by Gasteiger charge is 2.30. The molecule has 0 aliphatic carbocycles. The molecular weight excluding hydrogens is 348 g/mol. The molecule has 2 aromatic rings. The average Bonchev–Trinajstić information content (AvgIpc) is 3.25. The molecule has 0 saturated carbocycles. The Morgan fingerprint density at radius 1 is 1.33 bits per heavy atom. The molecule has 0 radical (unpaired) electrons. The number of carbonyl (C=O) groups excluding carboxylic acids is 2. The number of halogens is 1. The molecule has 0 atom stereocenters. The van der Waals surface area contributed by atoms with Gasteiger partial charge >= 0.3 is 0 Å². The number of piperidine rings is 1. The first-order valence-corrected chi connectivity index (χ1v) is 9.04. The van der Waals surface area contributed by atoms with Crippen LogP contribution in [-0.2, 0) is 11.3 Å². The summed E-state index contributed by atoms with van der Waals surface area (Å²) in [4.78, 5) is 29.1. The fourth-order valence-electron chi connectivity index (χ4n) is 2.96. The van der Waals surface area contributed by atoms with E-state index in [0.717, 1.165) is 5.56 Å². The summed E-state index contributed by atoms with van der Waals surface area (Å²) in [6, 6.07) is 5.35. The highest BCUT2D eigenvalue weighted by atomic mass is 35.5. The van der Waals surface area contributed by atoms with E-state index in [1.165, 1.54) is 11.3 Å². The van der Waals surface area contributed by atoms with Crippen molar-refractivity contribution < 1.29 is 14.0 Å². The second kappa shape index (κ2) is 7.40. The topological polar surface area (TPSA) is 53.8 Å². The van der Waals surface area contributed by atoms with Crippen molar-refractivity contribution >= 4 is 34.8 Å². The summed E-state index contributed by atoms with van der Waals surface area (Å²) in [5.41, 5.74) is 0.980. The zero-order valence-electron chi connectivity index (χ0n) is 13.4. The molecule has 1 fully saturated rings. The van der Waals surface area contributed by atoms with Crippen LogP contribution in [0.25, 0.3) is 0 Å². The van der Waals surface area contributed by atoms with E-state index in [2.05, 4.69) is 0 Å². The Kier molecular flexibility index (Phi) is 5.26. The van der Waals surface area contributed by atoms with E-state index in [1.54, 1.807) is 36.6 Å². The molecule has 128 valence electrons. The van der Waals surface area contributed by atoms with Gasteiger partial charge in [0.1, 0.15) is 0 Å². The quantitative estimate of drug-likeness (QED) is 0.832. The molecule has 7 heteroatoms. The van der Waals surface area contributed by atoms with Crippen molar-refractivity contribution in [3.8, 4) is 0 Å². The van der Waals surface area contributed by atoms with Gasteiger partial charge in [-0.05, 0) is 31.0 Å². The number of nitrogens with zero attached hydrogens (tertiary/aromatic N) is 2. The molecule has 0 spiro atoms. The van der Waals surface area contributed by atoms with Crippen LogP contribution < -0.4 is 0 Å². The fourth-order valence-corrected chi connectivity index (χ4v) is 3.97. The molecule has 3 rings (SSSR count). The lowest BCUT2D eigenvalue weighted by Gasteiger charge is -2.33. The molecule has 24 heavy (non-hydrogen) atoms. The minimum Gasteiger partial charge on any atom is -0.472 e. The van der Waals surface area contributed by atoms with Crippen LogP contribution in [0.1, 0.15) is 28.1 Å². The Labute approximate surface area is 149 Å². The number of likely N-dealkylation sites (tertiary alicyclic amines) is 1. The van der Waals surface area contributed by atoms with Crippen LogP contribution in [-0.4, -0.2) is 41.8 Å². The largest absolute Gasteiger partial charge is 0.472 e. The summed E-state index contributed by atoms with van der Waals surface area (Å²) in [7, 11) is 1.81. The summed E-state index contributed by atoms with van der Waals surface area (Å²) in [5, 5.41) is 0. The number of hydrogen-bond acceptors (Lipinski definition) is 4. The smallest absolute Gasteiger partial charge is 0.263 e. The summed E-state index contributed by atoms with van der Waals surface area (Å²) in [5.74, 6) is 0.102. The normalized spacial score (nSPS) is 15.5. The molecule has 5 nitrogen and oxygen atoms in total. The Morgan fingerprint density at radius 3 is 2.67 bits per heavy atom. The Bertz CT molecular complexity index is 705. The number of furan rings is 1. The van der Waals surface area contributed by atoms with Gasteiger partial charge in [-0.25, -0.2) is 0 Å². The van der Waals surface area contributed by atoms with Crippen molar-refractivity contribution in [3.05, 3.63) is 45.5 Å². The van der Waals surface area contributed by atoms with Crippen LogP contribution in [0.15, 0.2) is 35.1 Å². The molecule has 0 N–H and O–H groups in total. The van der Waals surface area contributed by atoms with Crippen LogP contribution in [0.2, 0.25) is 4.34 Å². The second-order valence-electron chi connectivity index (χ2n) is 6.00. The SMILES string of the molecule is CN(Cc1ccoc1)C(=O)C1CCN(C(=O)c2ccc(Cl)s2)CC1. The predicted octanol–water partition coefficient (Wildman–Crippen LogP) is 3.51. The van der Waals surface area contributed by atoms with Gasteiger partial charge in [0, 0.05) is 38.2 Å². The van der Waals surface area contributed by atoms with E-state index in [-0.39, 0.29) is 17.7 Å². The van der Waals surface area contributed by atoms with E-state index in [0.29, 0.717) is 41.7 Å². The summed E-state index contributed by atoms with van der Waals surface area (Å²) in [6.45, 7) is 1.75. The maximum Gasteiger partial charge on any atom is 0.263 e. The summed E-state index contributed by atoms with van der Waals surface area (Å²) in [6.07, 6.45) is 4.64. The first-order chi connectivity index (χ1) is 11.5. The van der Waals surface area contributed by atoms with Crippen molar-refractivity contribution in [2.24, 2.45) is 5.92 Å². The van der Waals surface area contributed by atoms with Gasteiger partial charge < -0.3 is 14.2 Å². The van der Waals surface area contributed by atoms with Crippen molar-refractivity contribution in [1.82, 2.24) is 9.80 Å². The van der Waals surface area contributed by atoms with Crippen LogP contribution in [0.4, 0.5) is 0 Å². The monoisotopic (exact) mass is 366 g/mol. The van der Waals surface area contributed by atoms with E-state index in [1.807, 2.05) is 11.0 Å². The number of hydrogen-bond donors (Lipinski definition) is 0. The standard InChI is InChI=1S/C17H19ClN2O3S/c1-19(10-12-6-9-23-11-12)16(21)13-4-7-20(8-5-13)17(22)14-2-3-15(18)24-14/h2-3,6,9,11,13H,4-5,7-8,10H2,1H3. The maximum atomic E-state index is 12.6. The summed E-state index contributed by atoms with van der Waals surface area (Å²) >= 11 is 7.19. The third-order valence-electron chi connectivity index (χ3n) is 4.29. The molecule has 1 aliphatic heterocycles. The summed E-state index contributed by atoms with van der Waals surface area (Å²) < 4.78 is 5.65. The minimum absolute atomic E-state index is 0.00421. The zero-order chi connectivity index (χ0) is 17.1. The van der Waals surface area contributed by atoms with Gasteiger partial charge in [-0.2, -0.15) is 0 Å². The van der Waals surface area contributed by atoms with Crippen LogP contribution in [0.3, 0.4) is 0 Å². The van der Waals surface area contributed by atoms with E-state index in [9.17, 15) is 9.59 Å². The number of amides is 2. The van der Waals surface area contributed by atoms with Gasteiger partial charge in [0.15, 0.2) is 0 Å². The van der Waals surface area contributed by atoms with E-state index in [4.69, 9.17) is 16.0 Å². The molecule has 2 amide bonds. The first kappa shape index (κ1) is 17.0. The highest BCUT2D eigenvalue weighted by molar-refractivity contribution is 7.17. The average molecular weight is 367 g/mol. The highest BCUT2D eigenvalue weighted by Crippen LogP contribution is 2.26. The van der Waals surface area contributed by atoms with Gasteiger partial charge in [0.2, 0.25) is 5.91 Å². The number of carbonyl (C=O) groups is 2. The van der Waals surface area contributed by atoms with Gasteiger partial charge in [-0.15, -0.1) is 11.3 Å². The van der Waals surface area contributed by atoms with Gasteiger partial charge in [0.25, 0.3) is 5.91 Å². The van der Waals surface area contributed by atoms with Gasteiger partial charge in [-0.3, -0.25) is 9.59 Å². The Hall–Kier alpha value is -1.79. The van der Waals surface area contributed by atoms with Crippen LogP contribution in [0.5, 0.6) is 0 Å². The van der Waals surface area contributed by atoms with Crippen LogP contribution >= 0.6 is 22.9 Å². The fraction of sp³-hybridized carbons (Fsp3) is 0.412. The lowest BCUT2D eigenvalue weighted by molar-refractivity contribution is -0.136. The number of thiophene rings is 1. The third kappa shape index (κ3) is 3.82. The first-order valence-electron chi connectivity index (χ1n) is 7.85. The van der Waals surface area contributed by atoms with Crippen LogP contribution in [0, 0.1) is 5.92 Å². The molecule has 2 aromatic heterocycles. The molecule has 0 bridgehead atoms. The zero-order valence-corrected chi connectivity index (χ0v) is 15.0. The van der Waals surface area contributed by atoms with Crippen molar-refractivity contribution in [1.29, 1.82) is 0 Å². The second-order valence-corrected chi connectivity index (χ2v) is 7.71. The predicted molar refractivity (Wildman–Crippen MR) is 93.1 cm³/mol. The van der Waals surface area contributed by atoms with E-state index >= 15 is 0 Å². The minimum atomic E-state index is -0.0297. The molecular formula is C17H19ClN2O3S. The molecule has 3 heterocycles. The van der Waals surface area contributed by atoms with Crippen molar-refractivity contribution in [2.45, 2.75) is 19.4 Å². The van der Waals surface area contributed by atoms with Crippen molar-refractivity contribution in [3.63, 3.8) is 0 Å². The lowest BCUT2D eigenvalue weighted by Crippen LogP contribution is -2.43. The molecule has 1 saturated heterocycles. The molecule has 0 aromatic carbocycles. The van der Waals surface area contributed by atoms with Crippen molar-refractivity contribution in [2.75, 3.05) is 20.1 Å². The van der Waals surface area contributed by atoms with Gasteiger partial charge in [-0.1, -0.05) is 11.6 Å². The van der Waals surface area contributed by atoms with Gasteiger partial charge in [0.05, 0.1) is 21.7 Å². The molecule has 1 aliphatic rings. The maximum absolute atomic E-state index is 12.6. The molecule has 0 unspecified atom stereocenters. The van der Waals surface area contributed by atoms with E-state index < -0.39 is 0 Å². The Balaban J connectivity index is 1.52. The Morgan fingerprint density at radius 2 is 2.08 bits per heavy atom. The third-order valence-corrected chi connectivity index (χ3v) is 5.51. The lowest BCUT2D eigenvalue weighted by atomic mass is 9.95.